The van der Waals surface area contributed by atoms with E-state index >= 15 is 0 Å². The Kier molecular flexibility index (Phi) is 10.6. The van der Waals surface area contributed by atoms with E-state index in [0.717, 1.165) is 22.6 Å². The third-order valence-electron chi connectivity index (χ3n) is 5.17. The zero-order valence-corrected chi connectivity index (χ0v) is 22.8. The number of halogens is 4. The topological polar surface area (TPSA) is 144 Å². The summed E-state index contributed by atoms with van der Waals surface area (Å²) in [5.41, 5.74) is 5.85. The number of nitrogens with two attached hydrogens (primary N) is 1. The molecular formula is C23H27ClF3N7O4S. The van der Waals surface area contributed by atoms with Gasteiger partial charge in [-0.05, 0) is 38.4 Å². The number of pyridine rings is 1. The Morgan fingerprint density at radius 1 is 1.15 bits per heavy atom. The van der Waals surface area contributed by atoms with Crippen molar-refractivity contribution in [3.05, 3.63) is 54.6 Å². The number of hydrogen-bond acceptors (Lipinski definition) is 9. The molecule has 16 heteroatoms. The van der Waals surface area contributed by atoms with Crippen LogP contribution in [0.2, 0.25) is 0 Å². The van der Waals surface area contributed by atoms with Crippen LogP contribution in [0.25, 0.3) is 11.3 Å². The van der Waals surface area contributed by atoms with E-state index in [9.17, 15) is 26.4 Å². The molecular weight excluding hydrogens is 563 g/mol. The van der Waals surface area contributed by atoms with Gasteiger partial charge in [-0.3, -0.25) is 9.78 Å². The van der Waals surface area contributed by atoms with Gasteiger partial charge in [0.1, 0.15) is 10.6 Å². The average molecular weight is 590 g/mol. The Labute approximate surface area is 229 Å². The lowest BCUT2D eigenvalue weighted by atomic mass is 10.1. The highest BCUT2D eigenvalue weighted by Gasteiger charge is 2.36. The molecule has 0 bridgehead atoms. The third-order valence-corrected chi connectivity index (χ3v) is 7.18. The van der Waals surface area contributed by atoms with E-state index in [2.05, 4.69) is 25.0 Å². The number of sulfonamides is 1. The number of nitrogens with zero attached hydrogens (tertiary/aromatic N) is 5. The highest BCUT2D eigenvalue weighted by Crippen LogP contribution is 2.35. The Morgan fingerprint density at radius 3 is 2.46 bits per heavy atom. The summed E-state index contributed by atoms with van der Waals surface area (Å²) in [6, 6.07) is 6.30. The Bertz CT molecular complexity index is 1390. The highest BCUT2D eigenvalue weighted by molar-refractivity contribution is 7.89. The zero-order chi connectivity index (χ0) is 28.1. The summed E-state index contributed by atoms with van der Waals surface area (Å²) >= 11 is 0. The van der Waals surface area contributed by atoms with Crippen LogP contribution in [-0.4, -0.2) is 78.6 Å². The molecule has 1 amide bonds. The number of aromatic nitrogens is 3. The summed E-state index contributed by atoms with van der Waals surface area (Å²) in [5, 5.41) is 2.54. The van der Waals surface area contributed by atoms with Crippen molar-refractivity contribution in [2.45, 2.75) is 18.2 Å². The number of carbonyl (C=O) groups excluding carboxylic acids is 1. The predicted octanol–water partition coefficient (Wildman–Crippen LogP) is 3.27. The molecule has 0 radical (unpaired) electrons. The number of hydrogen-bond donors (Lipinski definition) is 2. The molecule has 0 spiro atoms. The SMILES string of the molecule is CCN(CCN(C)C)S(=O)(=O)c1ccc(-c2cnc(N)c(C(=O)Nc3cccnc3)n2)cc1OC(F)(F)F.Cl. The first-order chi connectivity index (χ1) is 17.8. The molecule has 0 saturated carbocycles. The van der Waals surface area contributed by atoms with Gasteiger partial charge in [-0.25, -0.2) is 18.4 Å². The number of anilines is 2. The fourth-order valence-corrected chi connectivity index (χ4v) is 4.85. The van der Waals surface area contributed by atoms with E-state index < -0.39 is 32.9 Å². The number of alkyl halides is 3. The lowest BCUT2D eigenvalue weighted by Gasteiger charge is -2.24. The third kappa shape index (κ3) is 8.23. The van der Waals surface area contributed by atoms with Crippen LogP contribution in [0.15, 0.2) is 53.8 Å². The van der Waals surface area contributed by atoms with Crippen molar-refractivity contribution < 1.29 is 31.1 Å². The predicted molar refractivity (Wildman–Crippen MR) is 141 cm³/mol. The molecule has 0 aliphatic rings. The first-order valence-corrected chi connectivity index (χ1v) is 12.6. The van der Waals surface area contributed by atoms with Crippen LogP contribution in [0.4, 0.5) is 24.7 Å². The van der Waals surface area contributed by atoms with E-state index in [-0.39, 0.29) is 48.3 Å². The summed E-state index contributed by atoms with van der Waals surface area (Å²) in [4.78, 5) is 25.7. The molecule has 39 heavy (non-hydrogen) atoms. The molecule has 11 nitrogen and oxygen atoms in total. The maximum Gasteiger partial charge on any atom is 0.573 e. The Morgan fingerprint density at radius 2 is 1.87 bits per heavy atom. The molecule has 212 valence electrons. The normalized spacial score (nSPS) is 11.8. The summed E-state index contributed by atoms with van der Waals surface area (Å²) in [6.07, 6.45) is -1.13. The van der Waals surface area contributed by atoms with Crippen molar-refractivity contribution in [3.63, 3.8) is 0 Å². The van der Waals surface area contributed by atoms with Gasteiger partial charge >= 0.3 is 6.36 Å². The maximum absolute atomic E-state index is 13.3. The first kappa shape index (κ1) is 31.7. The lowest BCUT2D eigenvalue weighted by molar-refractivity contribution is -0.275. The van der Waals surface area contributed by atoms with Crippen LogP contribution >= 0.6 is 12.4 Å². The Balaban J connectivity index is 0.00000533. The second-order valence-corrected chi connectivity index (χ2v) is 10.1. The second kappa shape index (κ2) is 13.0. The standard InChI is InChI=1S/C23H26F3N7O4S.ClH/c1-4-33(11-10-32(2)3)38(35,36)19-8-7-15(12-18(19)37-23(24,25)26)17-14-29-21(27)20(31-17)22(34)30-16-6-5-9-28-13-16;/h5-9,12-14H,4,10-11H2,1-3H3,(H2,27,29)(H,30,34);1H. The quantitative estimate of drug-likeness (QED) is 0.364. The fraction of sp³-hybridized carbons (Fsp3) is 0.304. The first-order valence-electron chi connectivity index (χ1n) is 11.2. The van der Waals surface area contributed by atoms with Crippen LogP contribution in [-0.2, 0) is 10.0 Å². The van der Waals surface area contributed by atoms with Crippen molar-refractivity contribution in [3.8, 4) is 17.0 Å². The molecule has 3 rings (SSSR count). The number of ether oxygens (including phenoxy) is 1. The van der Waals surface area contributed by atoms with Crippen LogP contribution in [0.3, 0.4) is 0 Å². The molecule has 3 N–H and O–H groups in total. The molecule has 0 unspecified atom stereocenters. The summed E-state index contributed by atoms with van der Waals surface area (Å²) < 4.78 is 71.5. The molecule has 3 aromatic rings. The minimum atomic E-state index is -5.18. The van der Waals surface area contributed by atoms with E-state index in [1.165, 1.54) is 18.5 Å². The van der Waals surface area contributed by atoms with Crippen molar-refractivity contribution in [1.82, 2.24) is 24.2 Å². The monoisotopic (exact) mass is 589 g/mol. The van der Waals surface area contributed by atoms with Gasteiger partial charge in [-0.2, -0.15) is 4.31 Å². The van der Waals surface area contributed by atoms with Crippen LogP contribution in [0.1, 0.15) is 17.4 Å². The van der Waals surface area contributed by atoms with Gasteiger partial charge < -0.3 is 20.7 Å². The number of amides is 1. The maximum atomic E-state index is 13.3. The minimum absolute atomic E-state index is 0. The van der Waals surface area contributed by atoms with Gasteiger partial charge in [-0.15, -0.1) is 25.6 Å². The van der Waals surface area contributed by atoms with Gasteiger partial charge in [0.2, 0.25) is 10.0 Å². The molecule has 0 atom stereocenters. The largest absolute Gasteiger partial charge is 0.573 e. The van der Waals surface area contributed by atoms with E-state index in [1.807, 2.05) is 0 Å². The van der Waals surface area contributed by atoms with E-state index in [4.69, 9.17) is 5.73 Å². The van der Waals surface area contributed by atoms with Gasteiger partial charge in [-0.1, -0.05) is 13.0 Å². The smallest absolute Gasteiger partial charge is 0.404 e. The number of nitrogen functional groups attached to an aromatic ring is 1. The molecule has 2 aromatic heterocycles. The molecule has 0 aliphatic heterocycles. The second-order valence-electron chi connectivity index (χ2n) is 8.19. The van der Waals surface area contributed by atoms with Crippen molar-refractivity contribution in [2.75, 3.05) is 44.8 Å². The molecule has 0 saturated heterocycles. The lowest BCUT2D eigenvalue weighted by Crippen LogP contribution is -2.37. The number of benzene rings is 1. The van der Waals surface area contributed by atoms with Crippen LogP contribution in [0.5, 0.6) is 5.75 Å². The van der Waals surface area contributed by atoms with Gasteiger partial charge in [0, 0.05) is 31.4 Å². The van der Waals surface area contributed by atoms with Crippen LogP contribution < -0.4 is 15.8 Å². The van der Waals surface area contributed by atoms with Crippen molar-refractivity contribution in [1.29, 1.82) is 0 Å². The fourth-order valence-electron chi connectivity index (χ4n) is 3.32. The van der Waals surface area contributed by atoms with Gasteiger partial charge in [0.25, 0.3) is 5.91 Å². The number of nitrogens with one attached hydrogen (secondary N) is 1. The highest BCUT2D eigenvalue weighted by atomic mass is 35.5. The summed E-state index contributed by atoms with van der Waals surface area (Å²) in [7, 11) is -0.871. The van der Waals surface area contributed by atoms with Gasteiger partial charge in [0.05, 0.1) is 23.8 Å². The Hall–Kier alpha value is -3.53. The minimum Gasteiger partial charge on any atom is -0.404 e. The average Bonchev–Trinajstić information content (AvgIpc) is 2.83. The van der Waals surface area contributed by atoms with Crippen molar-refractivity contribution in [2.24, 2.45) is 0 Å². The number of carbonyl (C=O) groups is 1. The molecule has 1 aromatic carbocycles. The molecule has 0 fully saturated rings. The van der Waals surface area contributed by atoms with Crippen LogP contribution in [0, 0.1) is 0 Å². The summed E-state index contributed by atoms with van der Waals surface area (Å²) in [5.74, 6) is -1.89. The number of rotatable bonds is 10. The summed E-state index contributed by atoms with van der Waals surface area (Å²) in [6.45, 7) is 2.01. The van der Waals surface area contributed by atoms with Crippen molar-refractivity contribution >= 4 is 39.8 Å². The van der Waals surface area contributed by atoms with E-state index in [0.29, 0.717) is 12.2 Å². The molecule has 0 aliphatic carbocycles. The molecule has 2 heterocycles. The number of likely N-dealkylation sites (N-methyl/N-ethyl adjacent to an activating group) is 2. The van der Waals surface area contributed by atoms with E-state index in [1.54, 1.807) is 38.1 Å². The zero-order valence-electron chi connectivity index (χ0n) is 21.1. The van der Waals surface area contributed by atoms with Gasteiger partial charge in [0.15, 0.2) is 11.5 Å².